The molecule has 0 aliphatic rings. The molecule has 0 aromatic carbocycles. The molecule has 0 aliphatic heterocycles. The Morgan fingerprint density at radius 3 is 2.11 bits per heavy atom. The monoisotopic (exact) mass is 147 g/mol. The van der Waals surface area contributed by atoms with Gasteiger partial charge in [0.05, 0.1) is 0 Å². The molecular formula is C3H9N5S. The first-order chi connectivity index (χ1) is 4.20. The molecule has 0 heterocycles. The fraction of sp³-hybridized carbons (Fsp3) is 0.333. The van der Waals surface area contributed by atoms with Crippen molar-refractivity contribution in [2.45, 2.75) is 0 Å². The minimum atomic E-state index is -0.0337. The number of hydrazone groups is 1. The SMILES string of the molecule is CS/C(N=C(N)N)=N\N. The van der Waals surface area contributed by atoms with E-state index >= 15 is 0 Å². The van der Waals surface area contributed by atoms with Crippen LogP contribution in [0.4, 0.5) is 0 Å². The lowest BCUT2D eigenvalue weighted by Gasteiger charge is -1.91. The van der Waals surface area contributed by atoms with Gasteiger partial charge in [-0.3, -0.25) is 0 Å². The molecule has 0 radical (unpaired) electrons. The molecule has 0 aromatic rings. The highest BCUT2D eigenvalue weighted by atomic mass is 32.2. The summed E-state index contributed by atoms with van der Waals surface area (Å²) in [6.07, 6.45) is 1.78. The number of aliphatic imine (C=N–C) groups is 1. The maximum absolute atomic E-state index is 5.02. The van der Waals surface area contributed by atoms with E-state index in [9.17, 15) is 0 Å². The Labute approximate surface area is 57.4 Å². The van der Waals surface area contributed by atoms with Crippen LogP contribution in [-0.4, -0.2) is 17.4 Å². The molecule has 6 N–H and O–H groups in total. The fourth-order valence-electron chi connectivity index (χ4n) is 0.238. The molecule has 0 aliphatic carbocycles. The lowest BCUT2D eigenvalue weighted by atomic mass is 11.0. The van der Waals surface area contributed by atoms with Gasteiger partial charge in [-0.1, -0.05) is 11.8 Å². The zero-order chi connectivity index (χ0) is 7.28. The van der Waals surface area contributed by atoms with Crippen LogP contribution in [0.25, 0.3) is 0 Å². The Kier molecular flexibility index (Phi) is 3.61. The lowest BCUT2D eigenvalue weighted by Crippen LogP contribution is -2.23. The van der Waals surface area contributed by atoms with E-state index < -0.39 is 0 Å². The van der Waals surface area contributed by atoms with Crippen molar-refractivity contribution in [3.63, 3.8) is 0 Å². The van der Waals surface area contributed by atoms with Gasteiger partial charge in [0.1, 0.15) is 0 Å². The Bertz CT molecular complexity index is 135. The summed E-state index contributed by atoms with van der Waals surface area (Å²) in [6, 6.07) is 0. The van der Waals surface area contributed by atoms with Crippen LogP contribution in [-0.2, 0) is 0 Å². The third-order valence-corrected chi connectivity index (χ3v) is 1.08. The van der Waals surface area contributed by atoms with E-state index in [1.54, 1.807) is 6.26 Å². The molecule has 0 saturated carbocycles. The van der Waals surface area contributed by atoms with Gasteiger partial charge in [0.25, 0.3) is 0 Å². The van der Waals surface area contributed by atoms with Crippen molar-refractivity contribution in [2.75, 3.05) is 6.26 Å². The van der Waals surface area contributed by atoms with E-state index in [0.29, 0.717) is 5.17 Å². The maximum Gasteiger partial charge on any atom is 0.208 e. The Morgan fingerprint density at radius 1 is 1.44 bits per heavy atom. The van der Waals surface area contributed by atoms with Gasteiger partial charge in [-0.05, 0) is 6.26 Å². The number of hydrogen-bond donors (Lipinski definition) is 3. The number of hydrogen-bond acceptors (Lipinski definition) is 3. The third kappa shape index (κ3) is 3.65. The van der Waals surface area contributed by atoms with Gasteiger partial charge in [0.15, 0.2) is 5.96 Å². The van der Waals surface area contributed by atoms with Gasteiger partial charge in [-0.15, -0.1) is 0 Å². The normalized spacial score (nSPS) is 11.0. The third-order valence-electron chi connectivity index (χ3n) is 0.518. The highest BCUT2D eigenvalue weighted by Gasteiger charge is 1.90. The van der Waals surface area contributed by atoms with Crippen LogP contribution in [0.2, 0.25) is 0 Å². The molecule has 5 nitrogen and oxygen atoms in total. The van der Waals surface area contributed by atoms with E-state index in [0.717, 1.165) is 0 Å². The van der Waals surface area contributed by atoms with Crippen LogP contribution in [0.1, 0.15) is 0 Å². The first kappa shape index (κ1) is 8.09. The van der Waals surface area contributed by atoms with Gasteiger partial charge in [-0.2, -0.15) is 10.1 Å². The summed E-state index contributed by atoms with van der Waals surface area (Å²) < 4.78 is 0. The quantitative estimate of drug-likeness (QED) is 0.174. The predicted molar refractivity (Wildman–Crippen MR) is 40.9 cm³/mol. The van der Waals surface area contributed by atoms with Crippen molar-refractivity contribution in [3.8, 4) is 0 Å². The second kappa shape index (κ2) is 4.02. The average molecular weight is 147 g/mol. The molecule has 0 rings (SSSR count). The first-order valence-electron chi connectivity index (χ1n) is 2.12. The number of rotatable bonds is 0. The second-order valence-electron chi connectivity index (χ2n) is 1.15. The van der Waals surface area contributed by atoms with E-state index in [4.69, 9.17) is 17.3 Å². The van der Waals surface area contributed by atoms with Gasteiger partial charge >= 0.3 is 0 Å². The minimum absolute atomic E-state index is 0.0337. The topological polar surface area (TPSA) is 103 Å². The van der Waals surface area contributed by atoms with Gasteiger partial charge in [0, 0.05) is 0 Å². The van der Waals surface area contributed by atoms with Crippen LogP contribution in [0, 0.1) is 0 Å². The Morgan fingerprint density at radius 2 is 2.00 bits per heavy atom. The largest absolute Gasteiger partial charge is 0.370 e. The van der Waals surface area contributed by atoms with Crippen LogP contribution in [0.15, 0.2) is 10.1 Å². The van der Waals surface area contributed by atoms with Crippen LogP contribution >= 0.6 is 11.8 Å². The van der Waals surface area contributed by atoms with Crippen molar-refractivity contribution in [1.82, 2.24) is 0 Å². The molecule has 0 aromatic heterocycles. The van der Waals surface area contributed by atoms with E-state index in [1.807, 2.05) is 0 Å². The minimum Gasteiger partial charge on any atom is -0.370 e. The number of nitrogens with two attached hydrogens (primary N) is 3. The molecule has 0 fully saturated rings. The van der Waals surface area contributed by atoms with E-state index in [-0.39, 0.29) is 5.96 Å². The summed E-state index contributed by atoms with van der Waals surface area (Å²) >= 11 is 1.28. The van der Waals surface area contributed by atoms with Gasteiger partial charge in [-0.25, -0.2) is 0 Å². The van der Waals surface area contributed by atoms with Gasteiger partial charge < -0.3 is 17.3 Å². The predicted octanol–water partition coefficient (Wildman–Crippen LogP) is -1.15. The summed E-state index contributed by atoms with van der Waals surface area (Å²) in [6.45, 7) is 0. The molecule has 0 saturated heterocycles. The van der Waals surface area contributed by atoms with Gasteiger partial charge in [0.2, 0.25) is 5.17 Å². The molecule has 9 heavy (non-hydrogen) atoms. The van der Waals surface area contributed by atoms with Crippen molar-refractivity contribution in [3.05, 3.63) is 0 Å². The lowest BCUT2D eigenvalue weighted by molar-refractivity contribution is 1.24. The maximum atomic E-state index is 5.02. The molecule has 0 unspecified atom stereocenters. The number of thioether (sulfide) groups is 1. The van der Waals surface area contributed by atoms with Crippen LogP contribution in [0.3, 0.4) is 0 Å². The smallest absolute Gasteiger partial charge is 0.208 e. The first-order valence-corrected chi connectivity index (χ1v) is 3.34. The molecule has 0 atom stereocenters. The van der Waals surface area contributed by atoms with Crippen LogP contribution in [0.5, 0.6) is 0 Å². The standard InChI is InChI=1S/C3H9N5S/c1-9-3(8-6)7-2(4)5/h6H2,1H3,(H4,4,5,7,8). The summed E-state index contributed by atoms with van der Waals surface area (Å²) in [5.41, 5.74) is 10.0. The highest BCUT2D eigenvalue weighted by molar-refractivity contribution is 8.13. The zero-order valence-corrected chi connectivity index (χ0v) is 5.85. The summed E-state index contributed by atoms with van der Waals surface area (Å²) in [5, 5.41) is 3.65. The van der Waals surface area contributed by atoms with E-state index in [1.165, 1.54) is 11.8 Å². The second-order valence-corrected chi connectivity index (χ2v) is 1.93. The van der Waals surface area contributed by atoms with Crippen molar-refractivity contribution in [2.24, 2.45) is 27.4 Å². The summed E-state index contributed by atoms with van der Waals surface area (Å²) in [5.74, 6) is 4.85. The van der Waals surface area contributed by atoms with E-state index in [2.05, 4.69) is 10.1 Å². The van der Waals surface area contributed by atoms with Crippen molar-refractivity contribution < 1.29 is 0 Å². The summed E-state index contributed by atoms with van der Waals surface area (Å²) in [7, 11) is 0. The Balaban J connectivity index is 4.01. The highest BCUT2D eigenvalue weighted by Crippen LogP contribution is 1.96. The molecule has 52 valence electrons. The summed E-state index contributed by atoms with van der Waals surface area (Å²) in [4.78, 5) is 3.57. The number of amidine groups is 1. The molecule has 0 spiro atoms. The van der Waals surface area contributed by atoms with Crippen molar-refractivity contribution >= 4 is 22.9 Å². The average Bonchev–Trinajstić information content (AvgIpc) is 1.82. The Hall–Kier alpha value is -0.910. The molecule has 6 heteroatoms. The molecule has 0 amide bonds. The fourth-order valence-corrected chi connectivity index (χ4v) is 0.540. The molecule has 0 bridgehead atoms. The van der Waals surface area contributed by atoms with Crippen molar-refractivity contribution in [1.29, 1.82) is 0 Å². The number of nitrogens with zero attached hydrogens (tertiary/aromatic N) is 2. The molecular weight excluding hydrogens is 138 g/mol. The zero-order valence-electron chi connectivity index (χ0n) is 5.03. The van der Waals surface area contributed by atoms with Crippen LogP contribution < -0.4 is 17.3 Å². The number of guanidine groups is 1.